The molecule has 142 valence electrons. The van der Waals surface area contributed by atoms with Crippen molar-refractivity contribution in [2.45, 2.75) is 32.2 Å². The maximum Gasteiger partial charge on any atom is 0.247 e. The summed E-state index contributed by atoms with van der Waals surface area (Å²) in [5, 5.41) is 3.49. The van der Waals surface area contributed by atoms with Crippen molar-refractivity contribution in [2.75, 3.05) is 18.5 Å². The minimum absolute atomic E-state index is 0.0343. The minimum atomic E-state index is -0.434. The van der Waals surface area contributed by atoms with Gasteiger partial charge in [0.05, 0.1) is 13.0 Å². The second-order valence-electron chi connectivity index (χ2n) is 6.50. The van der Waals surface area contributed by atoms with Gasteiger partial charge in [-0.1, -0.05) is 23.7 Å². The van der Waals surface area contributed by atoms with Crippen LogP contribution in [0.2, 0.25) is 5.02 Å². The first kappa shape index (κ1) is 19.2. The smallest absolute Gasteiger partial charge is 0.247 e. The highest BCUT2D eigenvalue weighted by atomic mass is 35.5. The van der Waals surface area contributed by atoms with E-state index in [-0.39, 0.29) is 18.2 Å². The molecule has 1 fully saturated rings. The Balaban J connectivity index is 1.61. The van der Waals surface area contributed by atoms with E-state index < -0.39 is 6.04 Å². The molecule has 0 spiro atoms. The molecule has 0 bridgehead atoms. The zero-order valence-electron chi connectivity index (χ0n) is 15.3. The maximum absolute atomic E-state index is 12.7. The average molecular weight is 387 g/mol. The van der Waals surface area contributed by atoms with Gasteiger partial charge in [-0.05, 0) is 61.7 Å². The van der Waals surface area contributed by atoms with Crippen molar-refractivity contribution in [1.29, 1.82) is 0 Å². The number of carbonyl (C=O) groups excluding carboxylic acids is 2. The van der Waals surface area contributed by atoms with Gasteiger partial charge in [-0.15, -0.1) is 0 Å². The van der Waals surface area contributed by atoms with Gasteiger partial charge >= 0.3 is 0 Å². The number of amides is 2. The molecule has 0 aromatic heterocycles. The van der Waals surface area contributed by atoms with Crippen molar-refractivity contribution < 1.29 is 14.3 Å². The maximum atomic E-state index is 12.7. The highest BCUT2D eigenvalue weighted by molar-refractivity contribution is 6.30. The first-order chi connectivity index (χ1) is 13.1. The number of anilines is 1. The number of rotatable bonds is 6. The van der Waals surface area contributed by atoms with Gasteiger partial charge in [-0.2, -0.15) is 0 Å². The molecule has 1 saturated heterocycles. The second kappa shape index (κ2) is 8.91. The third kappa shape index (κ3) is 5.01. The summed E-state index contributed by atoms with van der Waals surface area (Å²) in [6.07, 6.45) is 1.78. The van der Waals surface area contributed by atoms with Crippen LogP contribution in [0.25, 0.3) is 0 Å². The van der Waals surface area contributed by atoms with Crippen LogP contribution >= 0.6 is 11.6 Å². The van der Waals surface area contributed by atoms with Gasteiger partial charge in [0.15, 0.2) is 0 Å². The topological polar surface area (TPSA) is 58.6 Å². The Morgan fingerprint density at radius 3 is 2.52 bits per heavy atom. The lowest BCUT2D eigenvalue weighted by Crippen LogP contribution is -2.43. The Kier molecular flexibility index (Phi) is 6.35. The van der Waals surface area contributed by atoms with E-state index in [0.717, 1.165) is 17.7 Å². The third-order valence-corrected chi connectivity index (χ3v) is 4.83. The summed E-state index contributed by atoms with van der Waals surface area (Å²) in [6.45, 7) is 3.14. The van der Waals surface area contributed by atoms with E-state index in [1.165, 1.54) is 0 Å². The number of ether oxygens (including phenoxy) is 1. The number of nitrogens with zero attached hydrogens (tertiary/aromatic N) is 1. The van der Waals surface area contributed by atoms with E-state index in [0.29, 0.717) is 30.3 Å². The Labute approximate surface area is 164 Å². The molecule has 1 aliphatic heterocycles. The second-order valence-corrected chi connectivity index (χ2v) is 6.93. The SMILES string of the molecule is CCOc1ccc(CC(=O)N2CCC[C@@H]2C(=O)Nc2ccc(Cl)cc2)cc1. The molecule has 1 aliphatic rings. The van der Waals surface area contributed by atoms with E-state index >= 15 is 0 Å². The highest BCUT2D eigenvalue weighted by Gasteiger charge is 2.33. The van der Waals surface area contributed by atoms with Gasteiger partial charge in [0.2, 0.25) is 11.8 Å². The number of likely N-dealkylation sites (tertiary alicyclic amines) is 1. The fraction of sp³-hybridized carbons (Fsp3) is 0.333. The zero-order chi connectivity index (χ0) is 19.2. The molecule has 0 radical (unpaired) electrons. The summed E-state index contributed by atoms with van der Waals surface area (Å²) < 4.78 is 5.42. The van der Waals surface area contributed by atoms with E-state index in [1.54, 1.807) is 29.2 Å². The van der Waals surface area contributed by atoms with Crippen LogP contribution in [-0.2, 0) is 16.0 Å². The van der Waals surface area contributed by atoms with Crippen molar-refractivity contribution in [1.82, 2.24) is 4.90 Å². The molecule has 1 N–H and O–H groups in total. The van der Waals surface area contributed by atoms with Crippen molar-refractivity contribution >= 4 is 29.1 Å². The number of hydrogen-bond acceptors (Lipinski definition) is 3. The molecule has 5 nitrogen and oxygen atoms in total. The molecule has 3 rings (SSSR count). The molecule has 1 atom stereocenters. The number of hydrogen-bond donors (Lipinski definition) is 1. The van der Waals surface area contributed by atoms with Crippen LogP contribution in [0.5, 0.6) is 5.75 Å². The fourth-order valence-electron chi connectivity index (χ4n) is 3.24. The van der Waals surface area contributed by atoms with Gasteiger partial charge in [-0.25, -0.2) is 0 Å². The standard InChI is InChI=1S/C21H23ClN2O3/c1-2-27-18-11-5-15(6-12-18)14-20(25)24-13-3-4-19(24)21(26)23-17-9-7-16(22)8-10-17/h5-12,19H,2-4,13-14H2,1H3,(H,23,26)/t19-/m1/s1. The summed E-state index contributed by atoms with van der Waals surface area (Å²) in [6, 6.07) is 14.0. The Morgan fingerprint density at radius 2 is 1.85 bits per heavy atom. The summed E-state index contributed by atoms with van der Waals surface area (Å²) in [5.41, 5.74) is 1.59. The number of halogens is 1. The van der Waals surface area contributed by atoms with Crippen LogP contribution in [-0.4, -0.2) is 35.9 Å². The quantitative estimate of drug-likeness (QED) is 0.818. The first-order valence-corrected chi connectivity index (χ1v) is 9.52. The molecule has 0 aliphatic carbocycles. The van der Waals surface area contributed by atoms with Crippen LogP contribution in [0.4, 0.5) is 5.69 Å². The summed E-state index contributed by atoms with van der Waals surface area (Å²) >= 11 is 5.87. The Morgan fingerprint density at radius 1 is 1.15 bits per heavy atom. The molecule has 6 heteroatoms. The molecule has 1 heterocycles. The lowest BCUT2D eigenvalue weighted by molar-refractivity contribution is -0.136. The summed E-state index contributed by atoms with van der Waals surface area (Å²) in [4.78, 5) is 27.0. The van der Waals surface area contributed by atoms with Gasteiger partial charge in [-0.3, -0.25) is 9.59 Å². The predicted octanol–water partition coefficient (Wildman–Crippen LogP) is 3.91. The number of carbonyl (C=O) groups is 2. The monoisotopic (exact) mass is 386 g/mol. The fourth-order valence-corrected chi connectivity index (χ4v) is 3.37. The van der Waals surface area contributed by atoms with Crippen molar-refractivity contribution in [3.05, 3.63) is 59.1 Å². The van der Waals surface area contributed by atoms with Crippen molar-refractivity contribution in [3.8, 4) is 5.75 Å². The van der Waals surface area contributed by atoms with E-state index in [1.807, 2.05) is 31.2 Å². The molecular weight excluding hydrogens is 364 g/mol. The Bertz CT molecular complexity index is 790. The van der Waals surface area contributed by atoms with Gasteiger partial charge in [0.25, 0.3) is 0 Å². The summed E-state index contributed by atoms with van der Waals surface area (Å²) in [7, 11) is 0. The van der Waals surface area contributed by atoms with Crippen LogP contribution in [0.3, 0.4) is 0 Å². The molecule has 2 aromatic carbocycles. The molecule has 0 saturated carbocycles. The van der Waals surface area contributed by atoms with E-state index in [2.05, 4.69) is 5.32 Å². The third-order valence-electron chi connectivity index (χ3n) is 4.58. The predicted molar refractivity (Wildman–Crippen MR) is 106 cm³/mol. The molecule has 0 unspecified atom stereocenters. The molecule has 2 amide bonds. The van der Waals surface area contributed by atoms with E-state index in [4.69, 9.17) is 16.3 Å². The molecule has 27 heavy (non-hydrogen) atoms. The summed E-state index contributed by atoms with van der Waals surface area (Å²) in [5.74, 6) is 0.595. The number of nitrogens with one attached hydrogen (secondary N) is 1. The largest absolute Gasteiger partial charge is 0.494 e. The lowest BCUT2D eigenvalue weighted by Gasteiger charge is -2.24. The lowest BCUT2D eigenvalue weighted by atomic mass is 10.1. The Hall–Kier alpha value is -2.53. The van der Waals surface area contributed by atoms with Gasteiger partial charge in [0, 0.05) is 17.3 Å². The average Bonchev–Trinajstić information content (AvgIpc) is 3.15. The van der Waals surface area contributed by atoms with Gasteiger partial charge < -0.3 is 15.0 Å². The van der Waals surface area contributed by atoms with Crippen LogP contribution in [0.15, 0.2) is 48.5 Å². The number of benzene rings is 2. The molecule has 2 aromatic rings. The van der Waals surface area contributed by atoms with E-state index in [9.17, 15) is 9.59 Å². The van der Waals surface area contributed by atoms with Crippen molar-refractivity contribution in [2.24, 2.45) is 0 Å². The van der Waals surface area contributed by atoms with Crippen LogP contribution in [0, 0.1) is 0 Å². The molecular formula is C21H23ClN2O3. The van der Waals surface area contributed by atoms with Crippen molar-refractivity contribution in [3.63, 3.8) is 0 Å². The zero-order valence-corrected chi connectivity index (χ0v) is 16.0. The van der Waals surface area contributed by atoms with Crippen LogP contribution < -0.4 is 10.1 Å². The normalized spacial score (nSPS) is 16.2. The first-order valence-electron chi connectivity index (χ1n) is 9.14. The van der Waals surface area contributed by atoms with Crippen LogP contribution in [0.1, 0.15) is 25.3 Å². The highest BCUT2D eigenvalue weighted by Crippen LogP contribution is 2.22. The van der Waals surface area contributed by atoms with Gasteiger partial charge in [0.1, 0.15) is 11.8 Å². The minimum Gasteiger partial charge on any atom is -0.494 e.